The number of carbonyl (C=O) groups is 3. The van der Waals surface area contributed by atoms with Crippen molar-refractivity contribution in [3.63, 3.8) is 0 Å². The van der Waals surface area contributed by atoms with E-state index in [1.54, 1.807) is 41.3 Å². The van der Waals surface area contributed by atoms with E-state index in [1.165, 1.54) is 19.1 Å². The number of para-hydroxylation sites is 1. The van der Waals surface area contributed by atoms with Gasteiger partial charge in [0, 0.05) is 16.6 Å². The molecule has 8 nitrogen and oxygen atoms in total. The van der Waals surface area contributed by atoms with Crippen molar-refractivity contribution in [3.8, 4) is 0 Å². The van der Waals surface area contributed by atoms with Gasteiger partial charge in [-0.25, -0.2) is 9.59 Å². The van der Waals surface area contributed by atoms with Crippen LogP contribution in [-0.4, -0.2) is 44.8 Å². The smallest absolute Gasteiger partial charge is 0.355 e. The van der Waals surface area contributed by atoms with Crippen LogP contribution in [0, 0.1) is 0 Å². The molecule has 0 unspecified atom stereocenters. The van der Waals surface area contributed by atoms with Crippen molar-refractivity contribution in [2.24, 2.45) is 0 Å². The van der Waals surface area contributed by atoms with Gasteiger partial charge < -0.3 is 24.0 Å². The van der Waals surface area contributed by atoms with Crippen LogP contribution in [0.1, 0.15) is 11.1 Å². The normalized spacial score (nSPS) is 22.0. The fraction of sp³-hybridized carbons (Fsp3) is 0.192. The molecule has 0 fully saturated rings. The minimum Gasteiger partial charge on any atom is -0.465 e. The Hall–Kier alpha value is -3.69. The summed E-state index contributed by atoms with van der Waals surface area (Å²) in [5.74, 6) is -2.20. The van der Waals surface area contributed by atoms with Crippen LogP contribution in [0.3, 0.4) is 0 Å². The predicted octanol–water partition coefficient (Wildman–Crippen LogP) is 3.67. The Balaban J connectivity index is 1.90. The summed E-state index contributed by atoms with van der Waals surface area (Å²) in [6.45, 7) is 3.93. The lowest BCUT2D eigenvalue weighted by atomic mass is 9.82. The summed E-state index contributed by atoms with van der Waals surface area (Å²) >= 11 is 3.46. The first-order valence-electron chi connectivity index (χ1n) is 10.8. The van der Waals surface area contributed by atoms with Crippen LogP contribution in [0.4, 0.5) is 11.4 Å². The number of nitrogens with zero attached hydrogens (tertiary/aromatic N) is 2. The Labute approximate surface area is 210 Å². The number of hydrogen-bond acceptors (Lipinski definition) is 7. The molecule has 178 valence electrons. The average molecular weight is 537 g/mol. The standard InChI is InChI=1S/C26H21BrN2O6/c1-4-13-28-19-11-10-16(27)14-17(19)26(25(28)32)21(23(30)33-2)22(24(31)34-3)29-18-8-6-5-7-15(18)9-12-20(29)35-26/h4-12,14,20H,1,13H2,2-3H3/t20-,26-/m1/s1. The molecule has 9 heteroatoms. The van der Waals surface area contributed by atoms with Crippen molar-refractivity contribution in [3.05, 3.63) is 88.1 Å². The highest BCUT2D eigenvalue weighted by molar-refractivity contribution is 9.10. The highest BCUT2D eigenvalue weighted by atomic mass is 79.9. The zero-order valence-corrected chi connectivity index (χ0v) is 20.6. The molecular weight excluding hydrogens is 516 g/mol. The van der Waals surface area contributed by atoms with Gasteiger partial charge in [0.1, 0.15) is 11.3 Å². The number of carbonyl (C=O) groups excluding carboxylic acids is 3. The topological polar surface area (TPSA) is 85.4 Å². The van der Waals surface area contributed by atoms with Gasteiger partial charge in [0.25, 0.3) is 5.91 Å². The molecule has 2 aromatic rings. The third-order valence-electron chi connectivity index (χ3n) is 6.27. The highest BCUT2D eigenvalue weighted by Crippen LogP contribution is 2.54. The molecule has 5 rings (SSSR count). The van der Waals surface area contributed by atoms with E-state index in [4.69, 9.17) is 14.2 Å². The molecule has 0 aromatic heterocycles. The molecule has 0 bridgehead atoms. The number of hydrogen-bond donors (Lipinski definition) is 0. The summed E-state index contributed by atoms with van der Waals surface area (Å²) in [5, 5.41) is 0. The van der Waals surface area contributed by atoms with Gasteiger partial charge in [0.15, 0.2) is 6.23 Å². The van der Waals surface area contributed by atoms with Gasteiger partial charge in [-0.3, -0.25) is 4.79 Å². The van der Waals surface area contributed by atoms with Gasteiger partial charge in [0.05, 0.1) is 25.6 Å². The van der Waals surface area contributed by atoms with Crippen molar-refractivity contribution >= 4 is 51.2 Å². The minimum absolute atomic E-state index is 0.118. The van der Waals surface area contributed by atoms with Crippen LogP contribution >= 0.6 is 15.9 Å². The lowest BCUT2D eigenvalue weighted by Gasteiger charge is -2.46. The van der Waals surface area contributed by atoms with Gasteiger partial charge in [-0.05, 0) is 35.9 Å². The molecule has 2 atom stereocenters. The van der Waals surface area contributed by atoms with Crippen molar-refractivity contribution in [1.29, 1.82) is 0 Å². The van der Waals surface area contributed by atoms with E-state index < -0.39 is 29.7 Å². The lowest BCUT2D eigenvalue weighted by molar-refractivity contribution is -0.156. The summed E-state index contributed by atoms with van der Waals surface area (Å²) in [5.41, 5.74) is 0.0694. The second-order valence-corrected chi connectivity index (χ2v) is 8.97. The fourth-order valence-electron chi connectivity index (χ4n) is 4.87. The quantitative estimate of drug-likeness (QED) is 0.435. The Kier molecular flexibility index (Phi) is 5.61. The molecular formula is C26H21BrN2O6. The Bertz CT molecular complexity index is 1350. The van der Waals surface area contributed by atoms with Crippen molar-refractivity contribution < 1.29 is 28.6 Å². The first-order chi connectivity index (χ1) is 16.9. The third kappa shape index (κ3) is 3.19. The molecule has 3 aliphatic heterocycles. The first kappa shape index (κ1) is 23.1. The molecule has 0 saturated heterocycles. The summed E-state index contributed by atoms with van der Waals surface area (Å²) in [7, 11) is 2.41. The number of methoxy groups -OCH3 is 2. The second kappa shape index (κ2) is 8.51. The Morgan fingerprint density at radius 2 is 1.89 bits per heavy atom. The van der Waals surface area contributed by atoms with Crippen LogP contribution in [0.15, 0.2) is 76.9 Å². The molecule has 0 saturated carbocycles. The number of anilines is 2. The van der Waals surface area contributed by atoms with E-state index >= 15 is 0 Å². The zero-order chi connectivity index (χ0) is 24.9. The van der Waals surface area contributed by atoms with Crippen molar-refractivity contribution in [1.82, 2.24) is 0 Å². The Morgan fingerprint density at radius 3 is 2.60 bits per heavy atom. The maximum Gasteiger partial charge on any atom is 0.355 e. The maximum atomic E-state index is 14.1. The van der Waals surface area contributed by atoms with Crippen molar-refractivity contribution in [2.75, 3.05) is 30.6 Å². The molecule has 0 N–H and O–H groups in total. The number of esters is 2. The lowest BCUT2D eigenvalue weighted by Crippen LogP contribution is -2.58. The number of amides is 1. The largest absolute Gasteiger partial charge is 0.465 e. The zero-order valence-electron chi connectivity index (χ0n) is 19.0. The van der Waals surface area contributed by atoms with Gasteiger partial charge in [-0.15, -0.1) is 6.58 Å². The van der Waals surface area contributed by atoms with E-state index in [1.807, 2.05) is 24.3 Å². The van der Waals surface area contributed by atoms with Gasteiger partial charge in [-0.2, -0.15) is 0 Å². The number of halogens is 1. The second-order valence-electron chi connectivity index (χ2n) is 8.05. The summed E-state index contributed by atoms with van der Waals surface area (Å²) < 4.78 is 17.5. The monoisotopic (exact) mass is 536 g/mol. The number of fused-ring (bicyclic) bond motifs is 5. The average Bonchev–Trinajstić information content (AvgIpc) is 3.09. The first-order valence-corrected chi connectivity index (χ1v) is 11.6. The molecule has 0 aliphatic carbocycles. The van der Waals surface area contributed by atoms with E-state index in [0.29, 0.717) is 21.4 Å². The number of benzene rings is 2. The maximum absolute atomic E-state index is 14.1. The van der Waals surface area contributed by atoms with Crippen LogP contribution in [-0.2, 0) is 34.2 Å². The van der Waals surface area contributed by atoms with Gasteiger partial charge >= 0.3 is 11.9 Å². The Morgan fingerprint density at radius 1 is 1.14 bits per heavy atom. The van der Waals surface area contributed by atoms with Crippen LogP contribution in [0.25, 0.3) is 6.08 Å². The third-order valence-corrected chi connectivity index (χ3v) is 6.77. The molecule has 1 amide bonds. The number of rotatable bonds is 4. The van der Waals surface area contributed by atoms with Gasteiger partial charge in [0.2, 0.25) is 5.60 Å². The summed E-state index contributed by atoms with van der Waals surface area (Å²) in [6.07, 6.45) is 4.29. The van der Waals surface area contributed by atoms with E-state index in [2.05, 4.69) is 22.5 Å². The van der Waals surface area contributed by atoms with Gasteiger partial charge in [-0.1, -0.05) is 46.3 Å². The molecule has 0 radical (unpaired) electrons. The van der Waals surface area contributed by atoms with Crippen LogP contribution < -0.4 is 9.80 Å². The SMILES string of the molecule is C=CCN1C(=O)[C@@]2(O[C@@H]3C=Cc4ccccc4N3C(C(=O)OC)=C2C(=O)OC)c2cc(Br)ccc21. The molecule has 3 heterocycles. The molecule has 35 heavy (non-hydrogen) atoms. The van der Waals surface area contributed by atoms with E-state index in [0.717, 1.165) is 5.56 Å². The van der Waals surface area contributed by atoms with E-state index in [-0.39, 0.29) is 17.8 Å². The minimum atomic E-state index is -1.95. The molecule has 3 aliphatic rings. The molecule has 2 aromatic carbocycles. The predicted molar refractivity (Wildman–Crippen MR) is 132 cm³/mol. The van der Waals surface area contributed by atoms with Crippen LogP contribution in [0.5, 0.6) is 0 Å². The summed E-state index contributed by atoms with van der Waals surface area (Å²) in [6, 6.07) is 12.6. The number of ether oxygens (including phenoxy) is 3. The van der Waals surface area contributed by atoms with Crippen LogP contribution in [0.2, 0.25) is 0 Å². The summed E-state index contributed by atoms with van der Waals surface area (Å²) in [4.78, 5) is 44.0. The highest BCUT2D eigenvalue weighted by Gasteiger charge is 2.63. The fourth-order valence-corrected chi connectivity index (χ4v) is 5.23. The van der Waals surface area contributed by atoms with Crippen molar-refractivity contribution in [2.45, 2.75) is 11.8 Å². The molecule has 1 spiro atoms. The van der Waals surface area contributed by atoms with E-state index in [9.17, 15) is 14.4 Å².